The highest BCUT2D eigenvalue weighted by Gasteiger charge is 2.24. The molecule has 0 saturated heterocycles. The molecule has 1 atom stereocenters. The molecule has 4 aromatic rings. The Morgan fingerprint density at radius 2 is 1.55 bits per heavy atom. The van der Waals surface area contributed by atoms with Gasteiger partial charge in [0, 0.05) is 34.0 Å². The fourth-order valence-corrected chi connectivity index (χ4v) is 4.45. The molecule has 1 aromatic heterocycles. The normalized spacial score (nSPS) is 12.8. The van der Waals surface area contributed by atoms with Crippen molar-refractivity contribution in [2.45, 2.75) is 32.7 Å². The number of methoxy groups -OCH3 is 1. The second-order valence-corrected chi connectivity index (χ2v) is 8.47. The SMILES string of the molecule is COC(=O)C(=Cc1c(-c2ccc(F)cc2)c2ccccc2n1C(C)C)C(C)c1ccccc1. The molecule has 0 aliphatic carbocycles. The predicted octanol–water partition coefficient (Wildman–Crippen LogP) is 7.39. The average Bonchev–Trinajstić information content (AvgIpc) is 3.16. The monoisotopic (exact) mass is 441 g/mol. The van der Waals surface area contributed by atoms with Crippen LogP contribution in [-0.4, -0.2) is 17.6 Å². The van der Waals surface area contributed by atoms with Gasteiger partial charge in [-0.2, -0.15) is 0 Å². The number of aromatic nitrogens is 1. The van der Waals surface area contributed by atoms with Crippen molar-refractivity contribution in [1.29, 1.82) is 0 Å². The van der Waals surface area contributed by atoms with E-state index in [0.29, 0.717) is 5.57 Å². The molecule has 4 heteroatoms. The van der Waals surface area contributed by atoms with E-state index < -0.39 is 0 Å². The molecule has 0 amide bonds. The summed E-state index contributed by atoms with van der Waals surface area (Å²) in [4.78, 5) is 13.0. The fourth-order valence-electron chi connectivity index (χ4n) is 4.45. The highest BCUT2D eigenvalue weighted by atomic mass is 19.1. The van der Waals surface area contributed by atoms with Crippen LogP contribution in [0.1, 0.15) is 44.0 Å². The maximum absolute atomic E-state index is 13.7. The van der Waals surface area contributed by atoms with Crippen molar-refractivity contribution in [2.75, 3.05) is 7.11 Å². The maximum Gasteiger partial charge on any atom is 0.334 e. The van der Waals surface area contributed by atoms with E-state index in [9.17, 15) is 9.18 Å². The third kappa shape index (κ3) is 4.34. The number of nitrogens with zero attached hydrogens (tertiary/aromatic N) is 1. The molecule has 1 unspecified atom stereocenters. The van der Waals surface area contributed by atoms with Gasteiger partial charge in [0.1, 0.15) is 5.82 Å². The van der Waals surface area contributed by atoms with E-state index in [2.05, 4.69) is 30.5 Å². The van der Waals surface area contributed by atoms with Crippen molar-refractivity contribution in [3.63, 3.8) is 0 Å². The van der Waals surface area contributed by atoms with Gasteiger partial charge in [-0.1, -0.05) is 67.6 Å². The Kier molecular flexibility index (Phi) is 6.45. The van der Waals surface area contributed by atoms with E-state index in [4.69, 9.17) is 4.74 Å². The van der Waals surface area contributed by atoms with Crippen molar-refractivity contribution in [3.05, 3.63) is 102 Å². The number of hydrogen-bond donors (Lipinski definition) is 0. The first-order valence-electron chi connectivity index (χ1n) is 11.2. The van der Waals surface area contributed by atoms with E-state index in [0.717, 1.165) is 33.3 Å². The molecule has 168 valence electrons. The number of esters is 1. The first kappa shape index (κ1) is 22.5. The first-order chi connectivity index (χ1) is 15.9. The molecule has 0 bridgehead atoms. The molecule has 4 rings (SSSR count). The lowest BCUT2D eigenvalue weighted by atomic mass is 9.91. The third-order valence-electron chi connectivity index (χ3n) is 6.08. The van der Waals surface area contributed by atoms with Crippen molar-refractivity contribution in [1.82, 2.24) is 4.57 Å². The van der Waals surface area contributed by atoms with Gasteiger partial charge in [-0.25, -0.2) is 9.18 Å². The van der Waals surface area contributed by atoms with Crippen LogP contribution in [0.5, 0.6) is 0 Å². The first-order valence-corrected chi connectivity index (χ1v) is 11.2. The van der Waals surface area contributed by atoms with E-state index in [1.165, 1.54) is 19.2 Å². The van der Waals surface area contributed by atoms with Crippen LogP contribution < -0.4 is 0 Å². The van der Waals surface area contributed by atoms with E-state index in [1.807, 2.05) is 55.5 Å². The Morgan fingerprint density at radius 1 is 0.909 bits per heavy atom. The zero-order chi connectivity index (χ0) is 23.5. The quantitative estimate of drug-likeness (QED) is 0.231. The summed E-state index contributed by atoms with van der Waals surface area (Å²) >= 11 is 0. The molecule has 0 aliphatic heterocycles. The molecule has 0 aliphatic rings. The Hall–Kier alpha value is -3.66. The number of para-hydroxylation sites is 1. The summed E-state index contributed by atoms with van der Waals surface area (Å²) < 4.78 is 21.2. The Morgan fingerprint density at radius 3 is 2.18 bits per heavy atom. The molecule has 0 fully saturated rings. The highest BCUT2D eigenvalue weighted by Crippen LogP contribution is 2.39. The van der Waals surface area contributed by atoms with Crippen molar-refractivity contribution >= 4 is 22.9 Å². The van der Waals surface area contributed by atoms with Crippen LogP contribution in [0.25, 0.3) is 28.1 Å². The molecule has 0 radical (unpaired) electrons. The van der Waals surface area contributed by atoms with E-state index in [1.54, 1.807) is 12.1 Å². The molecule has 33 heavy (non-hydrogen) atoms. The van der Waals surface area contributed by atoms with Crippen molar-refractivity contribution in [3.8, 4) is 11.1 Å². The van der Waals surface area contributed by atoms with E-state index in [-0.39, 0.29) is 23.7 Å². The van der Waals surface area contributed by atoms with Gasteiger partial charge in [-0.05, 0) is 49.2 Å². The number of ether oxygens (including phenoxy) is 1. The highest BCUT2D eigenvalue weighted by molar-refractivity contribution is 6.04. The number of halogens is 1. The van der Waals surface area contributed by atoms with Crippen LogP contribution >= 0.6 is 0 Å². The topological polar surface area (TPSA) is 31.2 Å². The number of carbonyl (C=O) groups excluding carboxylic acids is 1. The van der Waals surface area contributed by atoms with Gasteiger partial charge in [0.2, 0.25) is 0 Å². The summed E-state index contributed by atoms with van der Waals surface area (Å²) in [5.41, 5.74) is 5.44. The minimum Gasteiger partial charge on any atom is -0.466 e. The predicted molar refractivity (Wildman–Crippen MR) is 133 cm³/mol. The van der Waals surface area contributed by atoms with Crippen molar-refractivity contribution < 1.29 is 13.9 Å². The summed E-state index contributed by atoms with van der Waals surface area (Å²) in [5, 5.41) is 1.06. The Labute approximate surface area is 194 Å². The lowest BCUT2D eigenvalue weighted by Gasteiger charge is -2.18. The van der Waals surface area contributed by atoms with Crippen LogP contribution in [0, 0.1) is 5.82 Å². The summed E-state index contributed by atoms with van der Waals surface area (Å²) in [6, 6.07) is 24.7. The number of hydrogen-bond acceptors (Lipinski definition) is 2. The minimum absolute atomic E-state index is 0.140. The molecule has 0 saturated carbocycles. The fraction of sp³-hybridized carbons (Fsp3) is 0.207. The minimum atomic E-state index is -0.364. The van der Waals surface area contributed by atoms with Crippen LogP contribution in [-0.2, 0) is 9.53 Å². The maximum atomic E-state index is 13.7. The number of benzene rings is 3. The van der Waals surface area contributed by atoms with Gasteiger partial charge in [-0.3, -0.25) is 0 Å². The molecule has 3 aromatic carbocycles. The van der Waals surface area contributed by atoms with Crippen molar-refractivity contribution in [2.24, 2.45) is 0 Å². The number of carbonyl (C=O) groups is 1. The molecular weight excluding hydrogens is 413 g/mol. The average molecular weight is 442 g/mol. The van der Waals surface area contributed by atoms with Gasteiger partial charge in [-0.15, -0.1) is 0 Å². The summed E-state index contributed by atoms with van der Waals surface area (Å²) in [6.07, 6.45) is 1.95. The second-order valence-electron chi connectivity index (χ2n) is 8.47. The smallest absolute Gasteiger partial charge is 0.334 e. The van der Waals surface area contributed by atoms with E-state index >= 15 is 0 Å². The molecule has 3 nitrogen and oxygen atoms in total. The van der Waals surface area contributed by atoms with Gasteiger partial charge in [0.25, 0.3) is 0 Å². The zero-order valence-corrected chi connectivity index (χ0v) is 19.4. The number of fused-ring (bicyclic) bond motifs is 1. The second kappa shape index (κ2) is 9.45. The van der Waals surface area contributed by atoms with Gasteiger partial charge in [0.05, 0.1) is 12.8 Å². The summed E-state index contributed by atoms with van der Waals surface area (Å²) in [7, 11) is 1.41. The molecule has 0 spiro atoms. The Bertz CT molecular complexity index is 1300. The largest absolute Gasteiger partial charge is 0.466 e. The standard InChI is InChI=1S/C29H28FNO2/c1-19(2)31-26-13-9-8-12-24(26)28(22-14-16-23(30)17-15-22)27(31)18-25(29(32)33-4)20(3)21-10-6-5-7-11-21/h5-20H,1-4H3. The summed E-state index contributed by atoms with van der Waals surface area (Å²) in [5.74, 6) is -0.813. The summed E-state index contributed by atoms with van der Waals surface area (Å²) in [6.45, 7) is 6.26. The molecule has 1 heterocycles. The van der Waals surface area contributed by atoms with Gasteiger partial charge in [0.15, 0.2) is 0 Å². The van der Waals surface area contributed by atoms with Crippen LogP contribution in [0.3, 0.4) is 0 Å². The lowest BCUT2D eigenvalue weighted by Crippen LogP contribution is -2.12. The molecule has 0 N–H and O–H groups in total. The lowest BCUT2D eigenvalue weighted by molar-refractivity contribution is -0.136. The van der Waals surface area contributed by atoms with Gasteiger partial charge < -0.3 is 9.30 Å². The van der Waals surface area contributed by atoms with Crippen LogP contribution in [0.2, 0.25) is 0 Å². The molecular formula is C29H28FNO2. The van der Waals surface area contributed by atoms with Gasteiger partial charge >= 0.3 is 5.97 Å². The Balaban J connectivity index is 2.04. The zero-order valence-electron chi connectivity index (χ0n) is 19.4. The van der Waals surface area contributed by atoms with Crippen LogP contribution in [0.15, 0.2) is 84.4 Å². The van der Waals surface area contributed by atoms with Crippen LogP contribution in [0.4, 0.5) is 4.39 Å². The number of rotatable bonds is 6. The third-order valence-corrected chi connectivity index (χ3v) is 6.08.